The predicted molar refractivity (Wildman–Crippen MR) is 73.4 cm³/mol. The molecule has 1 aromatic carbocycles. The van der Waals surface area contributed by atoms with E-state index < -0.39 is 0 Å². The Bertz CT molecular complexity index is 588. The molecule has 4 rings (SSSR count). The molecule has 0 aliphatic heterocycles. The Hall–Kier alpha value is -0.466. The summed E-state index contributed by atoms with van der Waals surface area (Å²) in [5, 5.41) is 0. The number of aromatic amines is 1. The van der Waals surface area contributed by atoms with E-state index in [-0.39, 0.29) is 46.5 Å². The maximum atomic E-state index is 3.45. The standard InChI is InChI=1S/C11H9.C6H8N.2ClH.Ti/c1-2-4-10-8(3-1)7-9-5-6-11(9)10;1-5-3-7-4-6(5)2;;;/h1-4,11H,5-6H2;3,7H,1-2H3;2*1H;/q2*-1;;;+4/p-2. The third-order valence-electron chi connectivity index (χ3n) is 3.89. The van der Waals surface area contributed by atoms with Crippen molar-refractivity contribution in [2.45, 2.75) is 32.6 Å². The van der Waals surface area contributed by atoms with Gasteiger partial charge >= 0.3 is 21.7 Å². The van der Waals surface area contributed by atoms with Gasteiger partial charge in [0.1, 0.15) is 0 Å². The summed E-state index contributed by atoms with van der Waals surface area (Å²) in [7, 11) is 0. The van der Waals surface area contributed by atoms with E-state index >= 15 is 0 Å². The molecule has 1 atom stereocenters. The van der Waals surface area contributed by atoms with Gasteiger partial charge in [-0.05, 0) is 6.42 Å². The molecule has 1 aromatic heterocycles. The number of rotatable bonds is 0. The molecule has 0 spiro atoms. The van der Waals surface area contributed by atoms with Crippen LogP contribution in [0.25, 0.3) is 0 Å². The Morgan fingerprint density at radius 3 is 2.33 bits per heavy atom. The largest absolute Gasteiger partial charge is 4.00 e. The molecular weight excluding hydrogens is 337 g/mol. The summed E-state index contributed by atoms with van der Waals surface area (Å²) >= 11 is 0. The Kier molecular flexibility index (Phi) is 8.65. The van der Waals surface area contributed by atoms with Crippen molar-refractivity contribution < 1.29 is 46.5 Å². The van der Waals surface area contributed by atoms with Gasteiger partial charge in [-0.15, -0.1) is 35.7 Å². The van der Waals surface area contributed by atoms with Crippen LogP contribution in [0.1, 0.15) is 41.0 Å². The summed E-state index contributed by atoms with van der Waals surface area (Å²) in [4.78, 5) is 2.87. The molecule has 2 aliphatic rings. The Labute approximate surface area is 154 Å². The Morgan fingerprint density at radius 2 is 1.86 bits per heavy atom. The zero-order chi connectivity index (χ0) is 12.5. The average molecular weight is 354 g/mol. The van der Waals surface area contributed by atoms with Crippen molar-refractivity contribution in [1.29, 1.82) is 0 Å². The molecule has 1 unspecified atom stereocenters. The normalized spacial score (nSPS) is 16.3. The molecular formula is C17H17Cl2NTi. The topological polar surface area (TPSA) is 15.8 Å². The second kappa shape index (κ2) is 8.85. The van der Waals surface area contributed by atoms with Crippen molar-refractivity contribution in [2.24, 2.45) is 0 Å². The van der Waals surface area contributed by atoms with Gasteiger partial charge in [0.2, 0.25) is 0 Å². The molecule has 2 aromatic rings. The number of allylic oxidation sites excluding steroid dienone is 1. The summed E-state index contributed by atoms with van der Waals surface area (Å²) in [5.41, 5.74) is 6.87. The number of H-pyrrole nitrogens is 1. The summed E-state index contributed by atoms with van der Waals surface area (Å²) in [5.74, 6) is 0.756. The van der Waals surface area contributed by atoms with E-state index in [1.165, 1.54) is 40.7 Å². The minimum atomic E-state index is 0. The summed E-state index contributed by atoms with van der Waals surface area (Å²) < 4.78 is 0. The molecule has 1 N–H and O–H groups in total. The molecule has 2 aliphatic carbocycles. The quantitative estimate of drug-likeness (QED) is 0.420. The summed E-state index contributed by atoms with van der Waals surface area (Å²) in [6, 6.07) is 8.62. The van der Waals surface area contributed by atoms with Crippen LogP contribution in [0.3, 0.4) is 0 Å². The van der Waals surface area contributed by atoms with Gasteiger partial charge in [0.25, 0.3) is 0 Å². The molecule has 0 saturated heterocycles. The third-order valence-corrected chi connectivity index (χ3v) is 3.89. The van der Waals surface area contributed by atoms with E-state index in [4.69, 9.17) is 0 Å². The van der Waals surface area contributed by atoms with E-state index in [1.807, 2.05) is 13.1 Å². The van der Waals surface area contributed by atoms with Gasteiger partial charge in [-0.3, -0.25) is 0 Å². The average Bonchev–Trinajstić information content (AvgIpc) is 2.82. The minimum absolute atomic E-state index is 0. The van der Waals surface area contributed by atoms with Gasteiger partial charge in [0.15, 0.2) is 0 Å². The van der Waals surface area contributed by atoms with Crippen molar-refractivity contribution in [3.63, 3.8) is 0 Å². The van der Waals surface area contributed by atoms with Gasteiger partial charge in [0, 0.05) is 0 Å². The predicted octanol–water partition coefficient (Wildman–Crippen LogP) is -1.91. The number of nitrogens with one attached hydrogen (secondary N) is 1. The third kappa shape index (κ3) is 4.26. The molecule has 1 nitrogen and oxygen atoms in total. The van der Waals surface area contributed by atoms with Crippen molar-refractivity contribution in [3.05, 3.63) is 70.6 Å². The smallest absolute Gasteiger partial charge is 1.00 e. The van der Waals surface area contributed by atoms with E-state index in [1.54, 1.807) is 0 Å². The minimum Gasteiger partial charge on any atom is -1.00 e. The fraction of sp³-hybridized carbons (Fsp3) is 0.294. The van der Waals surface area contributed by atoms with Gasteiger partial charge in [-0.1, -0.05) is 32.3 Å². The van der Waals surface area contributed by atoms with E-state index in [2.05, 4.69) is 48.4 Å². The number of hydrogen-bond acceptors (Lipinski definition) is 0. The van der Waals surface area contributed by atoms with Gasteiger partial charge in [-0.25, -0.2) is 0 Å². The van der Waals surface area contributed by atoms with Gasteiger partial charge in [-0.2, -0.15) is 28.8 Å². The number of aromatic nitrogens is 1. The fourth-order valence-electron chi connectivity index (χ4n) is 2.47. The maximum Gasteiger partial charge on any atom is 4.00 e. The van der Waals surface area contributed by atoms with Crippen LogP contribution in [-0.4, -0.2) is 4.98 Å². The van der Waals surface area contributed by atoms with Gasteiger partial charge < -0.3 is 29.8 Å². The molecule has 108 valence electrons. The zero-order valence-electron chi connectivity index (χ0n) is 12.1. The number of halogens is 2. The van der Waals surface area contributed by atoms with Crippen molar-refractivity contribution >= 4 is 0 Å². The van der Waals surface area contributed by atoms with Crippen LogP contribution in [-0.2, 0) is 21.7 Å². The second-order valence-corrected chi connectivity index (χ2v) is 5.05. The van der Waals surface area contributed by atoms with Crippen LogP contribution in [0.5, 0.6) is 0 Å². The van der Waals surface area contributed by atoms with Gasteiger partial charge in [0.05, 0.1) is 0 Å². The first kappa shape index (κ1) is 20.5. The van der Waals surface area contributed by atoms with E-state index in [0.717, 1.165) is 5.92 Å². The van der Waals surface area contributed by atoms with Crippen LogP contribution >= 0.6 is 0 Å². The van der Waals surface area contributed by atoms with Crippen LogP contribution in [0.4, 0.5) is 0 Å². The number of benzene rings is 1. The van der Waals surface area contributed by atoms with Crippen molar-refractivity contribution in [1.82, 2.24) is 4.98 Å². The first-order chi connectivity index (χ1) is 8.75. The molecule has 1 heterocycles. The van der Waals surface area contributed by atoms with Crippen LogP contribution in [0.15, 0.2) is 36.0 Å². The molecule has 1 saturated carbocycles. The van der Waals surface area contributed by atoms with Crippen molar-refractivity contribution in [3.8, 4) is 0 Å². The monoisotopic (exact) mass is 353 g/mol. The Morgan fingerprint density at radius 1 is 1.14 bits per heavy atom. The SMILES string of the molecule is Cc1[c-][nH]cc1C.[C-]1=C2CCC2c2ccccc21.[Cl-].[Cl-].[Ti+4]. The molecule has 0 bridgehead atoms. The molecule has 0 radical (unpaired) electrons. The molecule has 21 heavy (non-hydrogen) atoms. The van der Waals surface area contributed by atoms with Crippen LogP contribution < -0.4 is 24.8 Å². The zero-order valence-corrected chi connectivity index (χ0v) is 15.2. The molecule has 1 fully saturated rings. The first-order valence-corrected chi connectivity index (χ1v) is 6.49. The molecule has 4 heteroatoms. The van der Waals surface area contributed by atoms with Crippen LogP contribution in [0, 0.1) is 26.1 Å². The maximum absolute atomic E-state index is 3.45. The van der Waals surface area contributed by atoms with Crippen LogP contribution in [0.2, 0.25) is 0 Å². The summed E-state index contributed by atoms with van der Waals surface area (Å²) in [6.07, 6.45) is 11.0. The number of fused-ring (bicyclic) bond motifs is 3. The first-order valence-electron chi connectivity index (χ1n) is 6.49. The van der Waals surface area contributed by atoms with E-state index in [0.29, 0.717) is 0 Å². The Balaban J connectivity index is 0.000000360. The molecule has 0 amide bonds. The second-order valence-electron chi connectivity index (χ2n) is 5.05. The van der Waals surface area contributed by atoms with Crippen molar-refractivity contribution in [2.75, 3.05) is 0 Å². The number of hydrogen-bond donors (Lipinski definition) is 1. The number of aryl methyl sites for hydroxylation is 2. The van der Waals surface area contributed by atoms with E-state index in [9.17, 15) is 0 Å². The summed E-state index contributed by atoms with van der Waals surface area (Å²) in [6.45, 7) is 4.09. The fourth-order valence-corrected chi connectivity index (χ4v) is 2.47.